The van der Waals surface area contributed by atoms with Crippen molar-refractivity contribution in [2.75, 3.05) is 6.54 Å². The third-order valence-corrected chi connectivity index (χ3v) is 5.95. The number of hydrogen-bond donors (Lipinski definition) is 1. The van der Waals surface area contributed by atoms with Gasteiger partial charge in [-0.15, -0.1) is 11.3 Å². The van der Waals surface area contributed by atoms with Crippen molar-refractivity contribution < 1.29 is 8.42 Å². The fourth-order valence-electron chi connectivity index (χ4n) is 2.17. The van der Waals surface area contributed by atoms with Crippen molar-refractivity contribution in [2.24, 2.45) is 0 Å². The molecule has 0 atom stereocenters. The van der Waals surface area contributed by atoms with Crippen LogP contribution in [0.25, 0.3) is 10.6 Å². The minimum atomic E-state index is -3.69. The Morgan fingerprint density at radius 3 is 2.72 bits per heavy atom. The summed E-state index contributed by atoms with van der Waals surface area (Å²) in [4.78, 5) is 12.9. The van der Waals surface area contributed by atoms with Gasteiger partial charge in [0.1, 0.15) is 5.69 Å². The Morgan fingerprint density at radius 2 is 2.00 bits per heavy atom. The number of thiophene rings is 1. The predicted molar refractivity (Wildman–Crippen MR) is 98.5 cm³/mol. The molecule has 1 N–H and O–H groups in total. The Hall–Kier alpha value is -2.00. The molecule has 130 valence electrons. The Morgan fingerprint density at radius 1 is 1.16 bits per heavy atom. The average molecular weight is 396 g/mol. The van der Waals surface area contributed by atoms with Crippen LogP contribution in [0.3, 0.4) is 0 Å². The second kappa shape index (κ2) is 7.49. The van der Waals surface area contributed by atoms with Gasteiger partial charge in [0.15, 0.2) is 0 Å². The van der Waals surface area contributed by atoms with Crippen molar-refractivity contribution >= 4 is 33.0 Å². The van der Waals surface area contributed by atoms with E-state index in [-0.39, 0.29) is 23.5 Å². The molecule has 0 saturated heterocycles. The van der Waals surface area contributed by atoms with Crippen LogP contribution in [-0.2, 0) is 16.6 Å². The molecule has 0 radical (unpaired) electrons. The Bertz CT molecular complexity index is 1030. The van der Waals surface area contributed by atoms with Crippen molar-refractivity contribution in [3.8, 4) is 10.6 Å². The molecule has 3 rings (SSSR count). The smallest absolute Gasteiger partial charge is 0.266 e. The second-order valence-corrected chi connectivity index (χ2v) is 8.26. The van der Waals surface area contributed by atoms with E-state index in [2.05, 4.69) is 9.82 Å². The maximum absolute atomic E-state index is 12.2. The van der Waals surface area contributed by atoms with E-state index in [0.29, 0.717) is 10.7 Å². The van der Waals surface area contributed by atoms with E-state index in [9.17, 15) is 13.2 Å². The summed E-state index contributed by atoms with van der Waals surface area (Å²) >= 11 is 7.34. The molecule has 25 heavy (non-hydrogen) atoms. The molecule has 0 fully saturated rings. The van der Waals surface area contributed by atoms with Gasteiger partial charge >= 0.3 is 0 Å². The summed E-state index contributed by atoms with van der Waals surface area (Å²) in [6.45, 7) is 0.160. The molecule has 9 heteroatoms. The zero-order valence-corrected chi connectivity index (χ0v) is 15.3. The monoisotopic (exact) mass is 395 g/mol. The van der Waals surface area contributed by atoms with Crippen LogP contribution in [-0.4, -0.2) is 24.7 Å². The fraction of sp³-hybridized carbons (Fsp3) is 0.125. The summed E-state index contributed by atoms with van der Waals surface area (Å²) in [6, 6.07) is 12.9. The van der Waals surface area contributed by atoms with Crippen LogP contribution < -0.4 is 10.3 Å². The van der Waals surface area contributed by atoms with Crippen LogP contribution in [0.2, 0.25) is 5.02 Å². The first kappa shape index (κ1) is 17.8. The van der Waals surface area contributed by atoms with Gasteiger partial charge in [0.2, 0.25) is 10.0 Å². The highest BCUT2D eigenvalue weighted by atomic mass is 35.5. The standard InChI is InChI=1S/C16H14ClN3O3S2/c17-12-3-1-4-13(11-12)25(22,23)18-8-9-20-16(21)7-6-14(19-20)15-5-2-10-24-15/h1-7,10-11,18H,8-9H2. The summed E-state index contributed by atoms with van der Waals surface area (Å²) in [6.07, 6.45) is 0. The molecular weight excluding hydrogens is 382 g/mol. The predicted octanol–water partition coefficient (Wildman–Crippen LogP) is 2.60. The summed E-state index contributed by atoms with van der Waals surface area (Å²) in [7, 11) is -3.69. The van der Waals surface area contributed by atoms with Crippen molar-refractivity contribution in [2.45, 2.75) is 11.4 Å². The molecule has 0 unspecified atom stereocenters. The molecule has 0 saturated carbocycles. The van der Waals surface area contributed by atoms with Crippen LogP contribution >= 0.6 is 22.9 Å². The normalized spacial score (nSPS) is 11.6. The highest BCUT2D eigenvalue weighted by Crippen LogP contribution is 2.21. The first-order chi connectivity index (χ1) is 12.0. The molecule has 0 aliphatic rings. The van der Waals surface area contributed by atoms with E-state index in [1.807, 2.05) is 17.5 Å². The van der Waals surface area contributed by atoms with Crippen molar-refractivity contribution in [1.82, 2.24) is 14.5 Å². The fourth-order valence-corrected chi connectivity index (χ4v) is 4.18. The van der Waals surface area contributed by atoms with Gasteiger partial charge in [-0.25, -0.2) is 17.8 Å². The first-order valence-corrected chi connectivity index (χ1v) is 10.1. The van der Waals surface area contributed by atoms with E-state index in [4.69, 9.17) is 11.6 Å². The lowest BCUT2D eigenvalue weighted by Crippen LogP contribution is -2.32. The zero-order chi connectivity index (χ0) is 17.9. The van der Waals surface area contributed by atoms with Gasteiger partial charge in [-0.05, 0) is 35.7 Å². The molecule has 0 aliphatic heterocycles. The molecule has 0 amide bonds. The summed E-state index contributed by atoms with van der Waals surface area (Å²) in [5.74, 6) is 0. The SMILES string of the molecule is O=c1ccc(-c2cccs2)nn1CCNS(=O)(=O)c1cccc(Cl)c1. The van der Waals surface area contributed by atoms with Crippen LogP contribution in [0, 0.1) is 0 Å². The summed E-state index contributed by atoms with van der Waals surface area (Å²) in [5.41, 5.74) is 0.384. The lowest BCUT2D eigenvalue weighted by molar-refractivity contribution is 0.549. The Labute approximate surface area is 153 Å². The number of nitrogens with zero attached hydrogens (tertiary/aromatic N) is 2. The maximum atomic E-state index is 12.2. The van der Waals surface area contributed by atoms with Gasteiger partial charge < -0.3 is 0 Å². The highest BCUT2D eigenvalue weighted by molar-refractivity contribution is 7.89. The van der Waals surface area contributed by atoms with E-state index in [1.54, 1.807) is 18.2 Å². The molecule has 2 heterocycles. The zero-order valence-electron chi connectivity index (χ0n) is 12.9. The van der Waals surface area contributed by atoms with Gasteiger partial charge in [-0.1, -0.05) is 23.7 Å². The van der Waals surface area contributed by atoms with Crippen molar-refractivity contribution in [3.05, 3.63) is 69.3 Å². The molecule has 0 spiro atoms. The van der Waals surface area contributed by atoms with Gasteiger partial charge in [0, 0.05) is 17.6 Å². The Balaban J connectivity index is 1.72. The number of hydrogen-bond acceptors (Lipinski definition) is 5. The topological polar surface area (TPSA) is 81.1 Å². The minimum absolute atomic E-state index is 0.0373. The van der Waals surface area contributed by atoms with Gasteiger partial charge in [-0.2, -0.15) is 5.10 Å². The molecule has 3 aromatic rings. The third-order valence-electron chi connectivity index (χ3n) is 3.36. The van der Waals surface area contributed by atoms with E-state index < -0.39 is 10.0 Å². The minimum Gasteiger partial charge on any atom is -0.268 e. The lowest BCUT2D eigenvalue weighted by atomic mass is 10.3. The van der Waals surface area contributed by atoms with Gasteiger partial charge in [0.05, 0.1) is 16.3 Å². The quantitative estimate of drug-likeness (QED) is 0.695. The number of halogens is 1. The number of sulfonamides is 1. The number of aromatic nitrogens is 2. The molecular formula is C16H14ClN3O3S2. The van der Waals surface area contributed by atoms with Gasteiger partial charge in [-0.3, -0.25) is 4.79 Å². The largest absolute Gasteiger partial charge is 0.268 e. The number of nitrogens with one attached hydrogen (secondary N) is 1. The molecule has 2 aromatic heterocycles. The molecule has 6 nitrogen and oxygen atoms in total. The lowest BCUT2D eigenvalue weighted by Gasteiger charge is -2.09. The maximum Gasteiger partial charge on any atom is 0.266 e. The van der Waals surface area contributed by atoms with E-state index in [0.717, 1.165) is 4.88 Å². The van der Waals surface area contributed by atoms with Crippen LogP contribution in [0.1, 0.15) is 0 Å². The molecule has 1 aromatic carbocycles. The summed E-state index contributed by atoms with van der Waals surface area (Å²) in [5, 5.41) is 6.54. The summed E-state index contributed by atoms with van der Waals surface area (Å²) < 4.78 is 28.2. The number of benzene rings is 1. The van der Waals surface area contributed by atoms with Crippen LogP contribution in [0.5, 0.6) is 0 Å². The number of rotatable bonds is 6. The van der Waals surface area contributed by atoms with Crippen LogP contribution in [0.15, 0.2) is 63.6 Å². The van der Waals surface area contributed by atoms with Crippen molar-refractivity contribution in [1.29, 1.82) is 0 Å². The van der Waals surface area contributed by atoms with Crippen molar-refractivity contribution in [3.63, 3.8) is 0 Å². The third kappa shape index (κ3) is 4.35. The average Bonchev–Trinajstić information content (AvgIpc) is 3.11. The van der Waals surface area contributed by atoms with E-state index >= 15 is 0 Å². The van der Waals surface area contributed by atoms with E-state index in [1.165, 1.54) is 34.2 Å². The second-order valence-electron chi connectivity index (χ2n) is 5.11. The van der Waals surface area contributed by atoms with Crippen LogP contribution in [0.4, 0.5) is 0 Å². The van der Waals surface area contributed by atoms with Gasteiger partial charge in [0.25, 0.3) is 5.56 Å². The molecule has 0 bridgehead atoms. The first-order valence-electron chi connectivity index (χ1n) is 7.33. The molecule has 0 aliphatic carbocycles. The highest BCUT2D eigenvalue weighted by Gasteiger charge is 2.14. The Kier molecular flexibility index (Phi) is 5.33.